The Labute approximate surface area is 195 Å². The fourth-order valence-corrected chi connectivity index (χ4v) is 2.80. The predicted octanol–water partition coefficient (Wildman–Crippen LogP) is 3.69. The molecule has 0 aliphatic rings. The summed E-state index contributed by atoms with van der Waals surface area (Å²) in [4.78, 5) is 34.5. The number of hydrogen-bond donors (Lipinski definition) is 2. The fourth-order valence-electron chi connectivity index (χ4n) is 2.80. The van der Waals surface area contributed by atoms with Crippen LogP contribution in [0.25, 0.3) is 0 Å². The maximum atomic E-state index is 12.3. The van der Waals surface area contributed by atoms with Gasteiger partial charge in [-0.1, -0.05) is 17.7 Å². The normalized spacial score (nSPS) is 10.5. The number of nitrogens with zero attached hydrogens (tertiary/aromatic N) is 2. The van der Waals surface area contributed by atoms with Crippen molar-refractivity contribution in [1.82, 2.24) is 5.43 Å². The molecule has 0 saturated carbocycles. The lowest BCUT2D eigenvalue weighted by Gasteiger charge is -2.10. The first kappa shape index (κ1) is 23.9. The Balaban J connectivity index is 1.56. The van der Waals surface area contributed by atoms with Gasteiger partial charge >= 0.3 is 5.97 Å². The van der Waals surface area contributed by atoms with E-state index in [0.29, 0.717) is 5.56 Å². The van der Waals surface area contributed by atoms with E-state index in [9.17, 15) is 19.7 Å². The van der Waals surface area contributed by atoms with E-state index < -0.39 is 10.9 Å². The smallest absolute Gasteiger partial charge is 0.343 e. The van der Waals surface area contributed by atoms with E-state index >= 15 is 0 Å². The molecule has 2 N–H and O–H groups in total. The number of carbonyl (C=O) groups is 2. The molecule has 1 amide bonds. The van der Waals surface area contributed by atoms with Gasteiger partial charge in [0.25, 0.3) is 11.6 Å². The molecule has 0 radical (unpaired) electrons. The number of aryl methyl sites for hydroxylation is 1. The van der Waals surface area contributed by atoms with Crippen LogP contribution in [0.5, 0.6) is 11.5 Å². The summed E-state index contributed by atoms with van der Waals surface area (Å²) in [6.07, 6.45) is 1.42. The zero-order valence-corrected chi connectivity index (χ0v) is 18.5. The number of ether oxygens (including phenoxy) is 2. The van der Waals surface area contributed by atoms with Crippen molar-refractivity contribution in [3.63, 3.8) is 0 Å². The fraction of sp³-hybridized carbons (Fsp3) is 0.125. The zero-order valence-electron chi connectivity index (χ0n) is 18.5. The van der Waals surface area contributed by atoms with Gasteiger partial charge in [0, 0.05) is 17.8 Å². The van der Waals surface area contributed by atoms with Crippen LogP contribution in [0, 0.1) is 17.0 Å². The van der Waals surface area contributed by atoms with Gasteiger partial charge in [-0.3, -0.25) is 14.9 Å². The molecule has 0 aromatic heterocycles. The Morgan fingerprint density at radius 2 is 1.74 bits per heavy atom. The second-order valence-electron chi connectivity index (χ2n) is 7.12. The molecule has 0 spiro atoms. The van der Waals surface area contributed by atoms with Crippen molar-refractivity contribution in [2.75, 3.05) is 19.0 Å². The highest BCUT2D eigenvalue weighted by Crippen LogP contribution is 2.28. The molecule has 0 bridgehead atoms. The van der Waals surface area contributed by atoms with E-state index in [1.54, 1.807) is 12.1 Å². The molecular formula is C24H22N4O6. The first-order chi connectivity index (χ1) is 16.4. The molecule has 3 rings (SSSR count). The molecule has 174 valence electrons. The van der Waals surface area contributed by atoms with Crippen LogP contribution in [0.2, 0.25) is 0 Å². The number of amides is 1. The van der Waals surface area contributed by atoms with Gasteiger partial charge in [0.2, 0.25) is 0 Å². The van der Waals surface area contributed by atoms with Crippen LogP contribution < -0.4 is 20.2 Å². The lowest BCUT2D eigenvalue weighted by Crippen LogP contribution is -2.25. The van der Waals surface area contributed by atoms with E-state index in [2.05, 4.69) is 15.8 Å². The Kier molecular flexibility index (Phi) is 7.90. The number of esters is 1. The van der Waals surface area contributed by atoms with Gasteiger partial charge in [-0.25, -0.2) is 10.2 Å². The van der Waals surface area contributed by atoms with E-state index in [1.165, 1.54) is 43.7 Å². The molecular weight excluding hydrogens is 440 g/mol. The standard InChI is InChI=1S/C24H22N4O6/c1-16-3-8-19(9-4-16)25-15-23(29)27-26-14-17-5-12-21(22(13-17)33-2)34-24(30)18-6-10-20(11-7-18)28(31)32/h3-14,25H,15H2,1-2H3,(H,27,29)/b26-14-. The van der Waals surface area contributed by atoms with Crippen molar-refractivity contribution >= 4 is 29.5 Å². The Morgan fingerprint density at radius 3 is 2.38 bits per heavy atom. The first-order valence-electron chi connectivity index (χ1n) is 10.1. The van der Waals surface area contributed by atoms with Gasteiger partial charge in [0.15, 0.2) is 11.5 Å². The summed E-state index contributed by atoms with van der Waals surface area (Å²) in [5.74, 6) is -0.582. The lowest BCUT2D eigenvalue weighted by molar-refractivity contribution is -0.384. The number of rotatable bonds is 9. The van der Waals surface area contributed by atoms with Gasteiger partial charge in [-0.2, -0.15) is 5.10 Å². The minimum absolute atomic E-state index is 0.0568. The number of benzene rings is 3. The van der Waals surface area contributed by atoms with Crippen molar-refractivity contribution in [2.24, 2.45) is 5.10 Å². The Hall–Kier alpha value is -4.73. The number of nitro groups is 1. The minimum Gasteiger partial charge on any atom is -0.493 e. The monoisotopic (exact) mass is 462 g/mol. The van der Waals surface area contributed by atoms with Crippen LogP contribution in [-0.2, 0) is 4.79 Å². The molecule has 3 aromatic rings. The minimum atomic E-state index is -0.692. The molecule has 0 atom stereocenters. The predicted molar refractivity (Wildman–Crippen MR) is 126 cm³/mol. The number of nitrogens with one attached hydrogen (secondary N) is 2. The number of nitro benzene ring substituents is 1. The maximum absolute atomic E-state index is 12.3. The van der Waals surface area contributed by atoms with Crippen LogP contribution in [-0.4, -0.2) is 36.7 Å². The summed E-state index contributed by atoms with van der Waals surface area (Å²) in [6.45, 7) is 2.04. The second-order valence-corrected chi connectivity index (χ2v) is 7.12. The maximum Gasteiger partial charge on any atom is 0.343 e. The quantitative estimate of drug-likeness (QED) is 0.163. The van der Waals surface area contributed by atoms with E-state index in [4.69, 9.17) is 9.47 Å². The SMILES string of the molecule is COc1cc(/C=N\NC(=O)CNc2ccc(C)cc2)ccc1OC(=O)c1ccc([N+](=O)[O-])cc1. The van der Waals surface area contributed by atoms with Gasteiger partial charge in [0.05, 0.1) is 30.4 Å². The van der Waals surface area contributed by atoms with Gasteiger partial charge in [0.1, 0.15) is 0 Å². The molecule has 0 saturated heterocycles. The van der Waals surface area contributed by atoms with Crippen LogP contribution in [0.3, 0.4) is 0 Å². The van der Waals surface area contributed by atoms with Crippen LogP contribution in [0.4, 0.5) is 11.4 Å². The summed E-state index contributed by atoms with van der Waals surface area (Å²) in [5.41, 5.74) is 5.00. The topological polar surface area (TPSA) is 132 Å². The van der Waals surface area contributed by atoms with Crippen LogP contribution >= 0.6 is 0 Å². The summed E-state index contributed by atoms with van der Waals surface area (Å²) >= 11 is 0. The molecule has 3 aromatic carbocycles. The van der Waals surface area contributed by atoms with Crippen molar-refractivity contribution < 1.29 is 24.0 Å². The van der Waals surface area contributed by atoms with Gasteiger partial charge in [-0.05, 0) is 55.0 Å². The number of non-ortho nitro benzene ring substituents is 1. The molecule has 0 aliphatic carbocycles. The highest BCUT2D eigenvalue weighted by Gasteiger charge is 2.14. The molecule has 0 aliphatic heterocycles. The molecule has 0 heterocycles. The first-order valence-corrected chi connectivity index (χ1v) is 10.1. The molecule has 0 fully saturated rings. The van der Waals surface area contributed by atoms with Crippen molar-refractivity contribution in [3.05, 3.63) is 93.5 Å². The lowest BCUT2D eigenvalue weighted by atomic mass is 10.2. The summed E-state index contributed by atoms with van der Waals surface area (Å²) in [7, 11) is 1.41. The summed E-state index contributed by atoms with van der Waals surface area (Å²) in [5, 5.41) is 17.7. The van der Waals surface area contributed by atoms with Crippen LogP contribution in [0.15, 0.2) is 71.8 Å². The third kappa shape index (κ3) is 6.63. The molecule has 34 heavy (non-hydrogen) atoms. The second kappa shape index (κ2) is 11.2. The number of anilines is 1. The average Bonchev–Trinajstić information content (AvgIpc) is 2.84. The van der Waals surface area contributed by atoms with Gasteiger partial charge < -0.3 is 14.8 Å². The number of carbonyl (C=O) groups excluding carboxylic acids is 2. The Bertz CT molecular complexity index is 1210. The van der Waals surface area contributed by atoms with Crippen molar-refractivity contribution in [1.29, 1.82) is 0 Å². The van der Waals surface area contributed by atoms with Gasteiger partial charge in [-0.15, -0.1) is 0 Å². The molecule has 10 nitrogen and oxygen atoms in total. The number of hydrogen-bond acceptors (Lipinski definition) is 8. The highest BCUT2D eigenvalue weighted by atomic mass is 16.6. The van der Waals surface area contributed by atoms with E-state index in [0.717, 1.165) is 11.3 Å². The van der Waals surface area contributed by atoms with E-state index in [1.807, 2.05) is 31.2 Å². The van der Waals surface area contributed by atoms with Crippen molar-refractivity contribution in [2.45, 2.75) is 6.92 Å². The molecule has 10 heteroatoms. The Morgan fingerprint density at radius 1 is 1.03 bits per heavy atom. The third-order valence-corrected chi connectivity index (χ3v) is 4.61. The molecule has 0 unspecified atom stereocenters. The average molecular weight is 462 g/mol. The zero-order chi connectivity index (χ0) is 24.5. The summed E-state index contributed by atoms with van der Waals surface area (Å²) < 4.78 is 10.6. The number of methoxy groups -OCH3 is 1. The van der Waals surface area contributed by atoms with E-state index in [-0.39, 0.29) is 35.2 Å². The third-order valence-electron chi connectivity index (χ3n) is 4.61. The largest absolute Gasteiger partial charge is 0.493 e. The highest BCUT2D eigenvalue weighted by molar-refractivity contribution is 5.92. The number of hydrazone groups is 1. The van der Waals surface area contributed by atoms with Crippen molar-refractivity contribution in [3.8, 4) is 11.5 Å². The van der Waals surface area contributed by atoms with Crippen LogP contribution in [0.1, 0.15) is 21.5 Å². The summed E-state index contributed by atoms with van der Waals surface area (Å²) in [6, 6.07) is 17.4.